The highest BCUT2D eigenvalue weighted by atomic mass is 16.6. The highest BCUT2D eigenvalue weighted by molar-refractivity contribution is 5.94. The zero-order valence-electron chi connectivity index (χ0n) is 14.7. The minimum Gasteiger partial charge on any atom is -0.508 e. The summed E-state index contributed by atoms with van der Waals surface area (Å²) in [6, 6.07) is 2.71. The van der Waals surface area contributed by atoms with Gasteiger partial charge < -0.3 is 10.4 Å². The molecule has 0 aliphatic heterocycles. The lowest BCUT2D eigenvalue weighted by molar-refractivity contribution is -0.385. The van der Waals surface area contributed by atoms with Crippen LogP contribution in [0.25, 0.3) is 0 Å². The highest BCUT2D eigenvalue weighted by Crippen LogP contribution is 2.31. The smallest absolute Gasteiger partial charge is 0.307 e. The molecule has 0 fully saturated rings. The van der Waals surface area contributed by atoms with Gasteiger partial charge in [0, 0.05) is 5.69 Å². The van der Waals surface area contributed by atoms with Crippen LogP contribution in [-0.2, 0) is 4.79 Å². The number of benzene rings is 1. The highest BCUT2D eigenvalue weighted by Gasteiger charge is 2.23. The molecule has 1 heterocycles. The second-order valence-corrected chi connectivity index (χ2v) is 6.23. The first-order valence-corrected chi connectivity index (χ1v) is 8.07. The topological polar surface area (TPSA) is 110 Å². The number of hydrogen-bond acceptors (Lipinski definition) is 5. The van der Waals surface area contributed by atoms with Gasteiger partial charge in [-0.05, 0) is 42.5 Å². The summed E-state index contributed by atoms with van der Waals surface area (Å²) in [7, 11) is 0. The van der Waals surface area contributed by atoms with Gasteiger partial charge in [-0.2, -0.15) is 5.10 Å². The van der Waals surface area contributed by atoms with E-state index >= 15 is 0 Å². The zero-order chi connectivity index (χ0) is 18.7. The van der Waals surface area contributed by atoms with Gasteiger partial charge in [-0.1, -0.05) is 20.8 Å². The summed E-state index contributed by atoms with van der Waals surface area (Å²) in [5, 5.41) is 27.6. The summed E-state index contributed by atoms with van der Waals surface area (Å²) >= 11 is 0. The van der Waals surface area contributed by atoms with Crippen molar-refractivity contribution < 1.29 is 14.8 Å². The molecular formula is C17H22N4O4. The SMILES string of the molecule is CCC(C(=O)Nc1cc(C(C)C)c(O)cc1C)n1cc([N+](=O)[O-])cn1. The van der Waals surface area contributed by atoms with Crippen LogP contribution >= 0.6 is 0 Å². The normalized spacial score (nSPS) is 12.2. The number of nitro groups is 1. The minimum absolute atomic E-state index is 0.104. The fourth-order valence-electron chi connectivity index (χ4n) is 2.61. The van der Waals surface area contributed by atoms with Crippen LogP contribution in [0, 0.1) is 17.0 Å². The van der Waals surface area contributed by atoms with Crippen LogP contribution in [0.4, 0.5) is 11.4 Å². The van der Waals surface area contributed by atoms with Crippen molar-refractivity contribution in [1.29, 1.82) is 0 Å². The Labute approximate surface area is 145 Å². The molecule has 25 heavy (non-hydrogen) atoms. The molecule has 134 valence electrons. The molecule has 1 aromatic heterocycles. The summed E-state index contributed by atoms with van der Waals surface area (Å²) in [5.41, 5.74) is 1.92. The number of phenolic OH excluding ortho intramolecular Hbond substituents is 1. The van der Waals surface area contributed by atoms with Gasteiger partial charge in [0.05, 0.1) is 4.92 Å². The number of aryl methyl sites for hydroxylation is 1. The Balaban J connectivity index is 2.27. The molecule has 1 unspecified atom stereocenters. The molecule has 8 heteroatoms. The van der Waals surface area contributed by atoms with Gasteiger partial charge in [-0.3, -0.25) is 19.6 Å². The second kappa shape index (κ2) is 7.33. The fourth-order valence-corrected chi connectivity index (χ4v) is 2.61. The Bertz CT molecular complexity index is 798. The van der Waals surface area contributed by atoms with Gasteiger partial charge in [-0.25, -0.2) is 0 Å². The van der Waals surface area contributed by atoms with E-state index in [0.717, 1.165) is 17.3 Å². The van der Waals surface area contributed by atoms with Crippen LogP contribution in [0.5, 0.6) is 5.75 Å². The van der Waals surface area contributed by atoms with E-state index in [1.807, 2.05) is 13.8 Å². The Hall–Kier alpha value is -2.90. The number of aromatic nitrogens is 2. The van der Waals surface area contributed by atoms with Gasteiger partial charge in [0.2, 0.25) is 5.91 Å². The van der Waals surface area contributed by atoms with E-state index in [0.29, 0.717) is 12.1 Å². The monoisotopic (exact) mass is 346 g/mol. The molecule has 8 nitrogen and oxygen atoms in total. The molecule has 0 aliphatic carbocycles. The fraction of sp³-hybridized carbons (Fsp3) is 0.412. The zero-order valence-corrected chi connectivity index (χ0v) is 14.7. The third kappa shape index (κ3) is 3.96. The van der Waals surface area contributed by atoms with Crippen LogP contribution < -0.4 is 5.32 Å². The molecule has 0 bridgehead atoms. The molecule has 1 aromatic carbocycles. The molecule has 0 saturated heterocycles. The largest absolute Gasteiger partial charge is 0.508 e. The van der Waals surface area contributed by atoms with Gasteiger partial charge in [0.1, 0.15) is 24.2 Å². The molecule has 2 rings (SSSR count). The quantitative estimate of drug-likeness (QED) is 0.472. The van der Waals surface area contributed by atoms with Crippen molar-refractivity contribution in [3.63, 3.8) is 0 Å². The Morgan fingerprint density at radius 3 is 2.64 bits per heavy atom. The maximum absolute atomic E-state index is 12.6. The first-order chi connectivity index (χ1) is 11.7. The average molecular weight is 346 g/mol. The molecule has 0 spiro atoms. The number of nitrogens with zero attached hydrogens (tertiary/aromatic N) is 3. The van der Waals surface area contributed by atoms with Gasteiger partial charge in [-0.15, -0.1) is 0 Å². The van der Waals surface area contributed by atoms with E-state index in [1.54, 1.807) is 26.0 Å². The lowest BCUT2D eigenvalue weighted by Gasteiger charge is -2.18. The number of aromatic hydroxyl groups is 1. The number of carbonyl (C=O) groups is 1. The van der Waals surface area contributed by atoms with Gasteiger partial charge in [0.25, 0.3) is 0 Å². The maximum Gasteiger partial charge on any atom is 0.307 e. The van der Waals surface area contributed by atoms with Gasteiger partial charge >= 0.3 is 5.69 Å². The summed E-state index contributed by atoms with van der Waals surface area (Å²) in [5.74, 6) is -0.0174. The molecule has 1 amide bonds. The predicted molar refractivity (Wildman–Crippen MR) is 93.8 cm³/mol. The number of hydrogen-bond donors (Lipinski definition) is 2. The molecule has 2 N–H and O–H groups in total. The van der Waals surface area contributed by atoms with Crippen molar-refractivity contribution >= 4 is 17.3 Å². The molecule has 0 radical (unpaired) electrons. The molecule has 0 saturated carbocycles. The lowest BCUT2D eigenvalue weighted by atomic mass is 9.99. The second-order valence-electron chi connectivity index (χ2n) is 6.23. The van der Waals surface area contributed by atoms with Gasteiger partial charge in [0.15, 0.2) is 0 Å². The van der Waals surface area contributed by atoms with Crippen LogP contribution in [0.3, 0.4) is 0 Å². The Morgan fingerprint density at radius 2 is 2.12 bits per heavy atom. The van der Waals surface area contributed by atoms with Crippen molar-refractivity contribution in [3.8, 4) is 5.75 Å². The lowest BCUT2D eigenvalue weighted by Crippen LogP contribution is -2.26. The maximum atomic E-state index is 12.6. The van der Waals surface area contributed by atoms with E-state index in [-0.39, 0.29) is 23.3 Å². The van der Waals surface area contributed by atoms with E-state index < -0.39 is 11.0 Å². The third-order valence-corrected chi connectivity index (χ3v) is 4.06. The Morgan fingerprint density at radius 1 is 1.44 bits per heavy atom. The van der Waals surface area contributed by atoms with E-state index in [4.69, 9.17) is 0 Å². The summed E-state index contributed by atoms with van der Waals surface area (Å²) in [6.45, 7) is 7.50. The van der Waals surface area contributed by atoms with Crippen LogP contribution in [-0.4, -0.2) is 25.7 Å². The average Bonchev–Trinajstić information content (AvgIpc) is 3.00. The number of amides is 1. The van der Waals surface area contributed by atoms with E-state index in [9.17, 15) is 20.0 Å². The third-order valence-electron chi connectivity index (χ3n) is 4.06. The first kappa shape index (κ1) is 18.4. The summed E-state index contributed by atoms with van der Waals surface area (Å²) in [4.78, 5) is 22.9. The number of nitrogens with one attached hydrogen (secondary N) is 1. The molecule has 0 aliphatic rings. The number of anilines is 1. The molecule has 2 aromatic rings. The van der Waals surface area contributed by atoms with Crippen molar-refractivity contribution in [3.05, 3.63) is 45.8 Å². The predicted octanol–water partition coefficient (Wildman–Crippen LogP) is 3.52. The summed E-state index contributed by atoms with van der Waals surface area (Å²) in [6.07, 6.45) is 2.80. The van der Waals surface area contributed by atoms with Crippen LogP contribution in [0.1, 0.15) is 50.3 Å². The summed E-state index contributed by atoms with van der Waals surface area (Å²) < 4.78 is 1.30. The van der Waals surface area contributed by atoms with Crippen LogP contribution in [0.15, 0.2) is 24.5 Å². The first-order valence-electron chi connectivity index (χ1n) is 8.07. The minimum atomic E-state index is -0.663. The van der Waals surface area contributed by atoms with Crippen molar-refractivity contribution in [2.75, 3.05) is 5.32 Å². The van der Waals surface area contributed by atoms with Crippen molar-refractivity contribution in [2.24, 2.45) is 0 Å². The van der Waals surface area contributed by atoms with E-state index in [2.05, 4.69) is 10.4 Å². The Kier molecular flexibility index (Phi) is 5.41. The van der Waals surface area contributed by atoms with Crippen LogP contribution in [0.2, 0.25) is 0 Å². The standard InChI is InChI=1S/C17H22N4O4/c1-5-15(20-9-12(8-18-20)21(24)25)17(23)19-14-7-13(10(2)3)16(22)6-11(14)4/h6-10,15,22H,5H2,1-4H3,(H,19,23). The van der Waals surface area contributed by atoms with Crippen molar-refractivity contribution in [1.82, 2.24) is 9.78 Å². The number of carbonyl (C=O) groups excluding carboxylic acids is 1. The number of phenols is 1. The van der Waals surface area contributed by atoms with E-state index in [1.165, 1.54) is 10.9 Å². The molecule has 1 atom stereocenters. The number of rotatable bonds is 6. The molecular weight excluding hydrogens is 324 g/mol. The van der Waals surface area contributed by atoms with Crippen molar-refractivity contribution in [2.45, 2.75) is 46.1 Å².